The molecule has 5 heteroatoms. The van der Waals surface area contributed by atoms with Crippen molar-refractivity contribution in [3.63, 3.8) is 0 Å². The van der Waals surface area contributed by atoms with Gasteiger partial charge in [0.15, 0.2) is 0 Å². The molecule has 2 rings (SSSR count). The molecule has 4 nitrogen and oxygen atoms in total. The molecule has 0 spiro atoms. The predicted molar refractivity (Wildman–Crippen MR) is 87.5 cm³/mol. The fourth-order valence-corrected chi connectivity index (χ4v) is 3.35. The molecule has 1 heterocycles. The van der Waals surface area contributed by atoms with Gasteiger partial charge in [-0.25, -0.2) is 0 Å². The molecule has 0 unspecified atom stereocenters. The second-order valence-electron chi connectivity index (χ2n) is 6.15. The average molecular weight is 368 g/mol. The zero-order valence-corrected chi connectivity index (χ0v) is 14.9. The van der Waals surface area contributed by atoms with E-state index in [0.717, 1.165) is 6.42 Å². The Labute approximate surface area is 139 Å². The van der Waals surface area contributed by atoms with E-state index in [-0.39, 0.29) is 17.9 Å². The number of nitrogens with zero attached hydrogens (tertiary/aromatic N) is 1. The molecular formula is C17H23NO3Se. The van der Waals surface area contributed by atoms with Gasteiger partial charge in [0.1, 0.15) is 0 Å². The number of carbonyl (C=O) groups is 1. The molecule has 1 amide bonds. The number of aliphatic hydroxyl groups is 1. The first kappa shape index (κ1) is 17.2. The van der Waals surface area contributed by atoms with Crippen LogP contribution >= 0.6 is 0 Å². The standard InChI is InChI=1S/C17H23NO3Se/c1-11(2)15(19)12(3)16(20)18-14(10-21-17(18)22)9-13-7-5-4-6-8-13/h4-8,11-12,14-15,19H,9-10H2,1-3H3/t12-,14+,15+/m1/s1. The fourth-order valence-electron chi connectivity index (χ4n) is 2.71. The molecule has 1 aromatic carbocycles. The first-order valence-electron chi connectivity index (χ1n) is 7.63. The molecule has 0 radical (unpaired) electrons. The van der Waals surface area contributed by atoms with Crippen molar-refractivity contribution in [2.45, 2.75) is 39.3 Å². The van der Waals surface area contributed by atoms with E-state index in [0.29, 0.717) is 11.3 Å². The van der Waals surface area contributed by atoms with Gasteiger partial charge in [-0.1, -0.05) is 0 Å². The maximum absolute atomic E-state index is 12.7. The molecule has 1 saturated heterocycles. The van der Waals surface area contributed by atoms with Gasteiger partial charge in [-0.2, -0.15) is 0 Å². The van der Waals surface area contributed by atoms with E-state index in [1.54, 1.807) is 11.8 Å². The van der Waals surface area contributed by atoms with Gasteiger partial charge in [-0.15, -0.1) is 0 Å². The van der Waals surface area contributed by atoms with Crippen LogP contribution in [0.15, 0.2) is 30.3 Å². The van der Waals surface area contributed by atoms with Crippen molar-refractivity contribution in [3.8, 4) is 0 Å². The van der Waals surface area contributed by atoms with Crippen LogP contribution in [-0.4, -0.2) is 55.0 Å². The van der Waals surface area contributed by atoms with Crippen LogP contribution in [0.4, 0.5) is 0 Å². The maximum atomic E-state index is 12.7. The number of aliphatic hydroxyl groups excluding tert-OH is 1. The van der Waals surface area contributed by atoms with Gasteiger partial charge < -0.3 is 0 Å². The number of ether oxygens (including phenoxy) is 1. The fraction of sp³-hybridized carbons (Fsp3) is 0.529. The molecule has 22 heavy (non-hydrogen) atoms. The van der Waals surface area contributed by atoms with Crippen molar-refractivity contribution in [1.82, 2.24) is 4.90 Å². The Morgan fingerprint density at radius 2 is 2.00 bits per heavy atom. The second kappa shape index (κ2) is 7.40. The predicted octanol–water partition coefficient (Wildman–Crippen LogP) is 1.37. The normalized spacial score (nSPS) is 20.9. The first-order valence-corrected chi connectivity index (χ1v) is 8.49. The Morgan fingerprint density at radius 3 is 2.59 bits per heavy atom. The van der Waals surface area contributed by atoms with Gasteiger partial charge in [0.05, 0.1) is 0 Å². The summed E-state index contributed by atoms with van der Waals surface area (Å²) in [6, 6.07) is 10.0. The van der Waals surface area contributed by atoms with Crippen LogP contribution in [-0.2, 0) is 16.0 Å². The first-order chi connectivity index (χ1) is 10.4. The number of benzene rings is 1. The van der Waals surface area contributed by atoms with Crippen molar-refractivity contribution in [3.05, 3.63) is 35.9 Å². The number of rotatable bonds is 5. The Balaban J connectivity index is 2.12. The van der Waals surface area contributed by atoms with Crippen LogP contribution < -0.4 is 0 Å². The van der Waals surface area contributed by atoms with Gasteiger partial charge in [-0.3, -0.25) is 0 Å². The minimum absolute atomic E-state index is 0.0343. The molecule has 1 aliphatic rings. The molecule has 1 fully saturated rings. The Bertz CT molecular complexity index is 532. The molecule has 0 aromatic heterocycles. The van der Waals surface area contributed by atoms with Crippen LogP contribution in [0.2, 0.25) is 0 Å². The minimum atomic E-state index is -0.654. The molecular weight excluding hydrogens is 345 g/mol. The van der Waals surface area contributed by atoms with Crippen molar-refractivity contribution in [1.29, 1.82) is 0 Å². The summed E-state index contributed by atoms with van der Waals surface area (Å²) in [7, 11) is 0. The Kier molecular flexibility index (Phi) is 5.79. The van der Waals surface area contributed by atoms with E-state index < -0.39 is 12.0 Å². The summed E-state index contributed by atoms with van der Waals surface area (Å²) >= 11 is 2.83. The molecule has 1 N–H and O–H groups in total. The molecule has 120 valence electrons. The quantitative estimate of drug-likeness (QED) is 0.799. The zero-order chi connectivity index (χ0) is 16.3. The van der Waals surface area contributed by atoms with Crippen LogP contribution in [0, 0.1) is 11.8 Å². The van der Waals surface area contributed by atoms with Crippen molar-refractivity contribution in [2.75, 3.05) is 6.61 Å². The molecule has 1 aliphatic heterocycles. The van der Waals surface area contributed by atoms with Crippen molar-refractivity contribution in [2.24, 2.45) is 11.8 Å². The van der Waals surface area contributed by atoms with E-state index in [1.807, 2.05) is 44.2 Å². The number of carbonyl (C=O) groups excluding carboxylic acids is 1. The van der Waals surface area contributed by atoms with Gasteiger partial charge >= 0.3 is 139 Å². The molecule has 0 aliphatic carbocycles. The topological polar surface area (TPSA) is 49.8 Å². The SMILES string of the molecule is CC(C)[C@H](O)[C@@H](C)C(=O)N1C(=[Se])OC[C@@H]1Cc1ccccc1. The van der Waals surface area contributed by atoms with Crippen LogP contribution in [0.25, 0.3) is 0 Å². The summed E-state index contributed by atoms with van der Waals surface area (Å²) in [5.41, 5.74) is 1.17. The Morgan fingerprint density at radius 1 is 1.36 bits per heavy atom. The van der Waals surface area contributed by atoms with E-state index in [4.69, 9.17) is 4.74 Å². The number of hydrogen-bond donors (Lipinski definition) is 1. The molecule has 0 bridgehead atoms. The summed E-state index contributed by atoms with van der Waals surface area (Å²) in [6.07, 6.45) is 0.0840. The summed E-state index contributed by atoms with van der Waals surface area (Å²) in [5.74, 6) is -0.504. The van der Waals surface area contributed by atoms with Crippen LogP contribution in [0.3, 0.4) is 0 Å². The summed E-state index contributed by atoms with van der Waals surface area (Å²) in [6.45, 7) is 6.09. The zero-order valence-electron chi connectivity index (χ0n) is 13.2. The summed E-state index contributed by atoms with van der Waals surface area (Å²) in [4.78, 5) is 14.4. The number of hydrogen-bond acceptors (Lipinski definition) is 3. The third kappa shape index (κ3) is 3.78. The monoisotopic (exact) mass is 369 g/mol. The van der Waals surface area contributed by atoms with E-state index in [1.165, 1.54) is 5.56 Å². The van der Waals surface area contributed by atoms with E-state index in [9.17, 15) is 9.90 Å². The summed E-state index contributed by atoms with van der Waals surface area (Å²) < 4.78 is 6.05. The van der Waals surface area contributed by atoms with Gasteiger partial charge in [0.2, 0.25) is 0 Å². The molecule has 0 saturated carbocycles. The third-order valence-electron chi connectivity index (χ3n) is 4.10. The van der Waals surface area contributed by atoms with Crippen LogP contribution in [0.5, 0.6) is 0 Å². The van der Waals surface area contributed by atoms with Gasteiger partial charge in [0.25, 0.3) is 0 Å². The van der Waals surface area contributed by atoms with Gasteiger partial charge in [-0.05, 0) is 0 Å². The third-order valence-corrected chi connectivity index (χ3v) is 4.76. The van der Waals surface area contributed by atoms with E-state index >= 15 is 0 Å². The molecule has 3 atom stereocenters. The average Bonchev–Trinajstić information content (AvgIpc) is 2.86. The van der Waals surface area contributed by atoms with E-state index in [2.05, 4.69) is 15.6 Å². The van der Waals surface area contributed by atoms with Crippen molar-refractivity contribution >= 4 is 26.2 Å². The van der Waals surface area contributed by atoms with Gasteiger partial charge in [0, 0.05) is 0 Å². The number of amides is 1. The Hall–Kier alpha value is -1.16. The molecule has 1 aromatic rings. The van der Waals surface area contributed by atoms with Crippen molar-refractivity contribution < 1.29 is 14.6 Å². The summed E-state index contributed by atoms with van der Waals surface area (Å²) in [5, 5.41) is 10.2. The van der Waals surface area contributed by atoms with Crippen LogP contribution in [0.1, 0.15) is 26.3 Å². The second-order valence-corrected chi connectivity index (χ2v) is 6.88.